The molecule has 0 fully saturated rings. The molecule has 0 N–H and O–H groups in total. The van der Waals surface area contributed by atoms with Gasteiger partial charge in [-0.15, -0.1) is 0 Å². The fourth-order valence-corrected chi connectivity index (χ4v) is 1.50. The Morgan fingerprint density at radius 3 is 2.32 bits per heavy atom. The maximum atomic E-state index is 13.1. The Morgan fingerprint density at radius 2 is 1.68 bits per heavy atom. The van der Waals surface area contributed by atoms with Gasteiger partial charge in [0, 0.05) is 11.8 Å². The number of aromatic nitrogens is 2. The lowest BCUT2D eigenvalue weighted by Gasteiger charge is -2.06. The van der Waals surface area contributed by atoms with E-state index < -0.39 is 30.1 Å². The van der Waals surface area contributed by atoms with E-state index in [2.05, 4.69) is 9.97 Å². The Hall–Kier alpha value is -2.05. The molecule has 0 aliphatic rings. The van der Waals surface area contributed by atoms with Crippen molar-refractivity contribution in [2.24, 2.45) is 0 Å². The second-order valence-electron chi connectivity index (χ2n) is 3.63. The van der Waals surface area contributed by atoms with Gasteiger partial charge in [0.25, 0.3) is 12.9 Å². The third-order valence-corrected chi connectivity index (χ3v) is 2.38. The van der Waals surface area contributed by atoms with Gasteiger partial charge in [0.2, 0.25) is 0 Å². The highest BCUT2D eigenvalue weighted by molar-refractivity contribution is 5.59. The quantitative estimate of drug-likeness (QED) is 0.785. The molecule has 2 nitrogen and oxygen atoms in total. The highest BCUT2D eigenvalue weighted by Crippen LogP contribution is 2.26. The summed E-state index contributed by atoms with van der Waals surface area (Å²) in [6.07, 6.45) is -4.74. The largest absolute Gasteiger partial charge is 0.283 e. The van der Waals surface area contributed by atoms with E-state index in [9.17, 15) is 22.0 Å². The summed E-state index contributed by atoms with van der Waals surface area (Å²) >= 11 is 0. The fourth-order valence-electron chi connectivity index (χ4n) is 1.50. The van der Waals surface area contributed by atoms with Crippen LogP contribution in [0.25, 0.3) is 11.3 Å². The van der Waals surface area contributed by atoms with Crippen molar-refractivity contribution in [2.45, 2.75) is 12.9 Å². The molecule has 2 aromatic heterocycles. The van der Waals surface area contributed by atoms with Crippen molar-refractivity contribution < 1.29 is 22.0 Å². The molecule has 0 spiro atoms. The van der Waals surface area contributed by atoms with Crippen LogP contribution in [0.1, 0.15) is 24.2 Å². The van der Waals surface area contributed by atoms with Gasteiger partial charge in [0.05, 0.1) is 5.69 Å². The van der Waals surface area contributed by atoms with Crippen molar-refractivity contribution in [2.75, 3.05) is 0 Å². The molecular formula is C12H7F5N2. The Kier molecular flexibility index (Phi) is 3.73. The SMILES string of the molecule is Fc1ccc(-c2ccnc(C(F)F)c2)nc1C(F)F. The number of halogens is 5. The van der Waals surface area contributed by atoms with Crippen molar-refractivity contribution in [3.05, 3.63) is 47.7 Å². The van der Waals surface area contributed by atoms with Crippen molar-refractivity contribution in [3.63, 3.8) is 0 Å². The average Bonchev–Trinajstić information content (AvgIpc) is 2.39. The molecule has 0 aromatic carbocycles. The Morgan fingerprint density at radius 1 is 0.947 bits per heavy atom. The third-order valence-electron chi connectivity index (χ3n) is 2.38. The second-order valence-corrected chi connectivity index (χ2v) is 3.63. The summed E-state index contributed by atoms with van der Waals surface area (Å²) in [5, 5.41) is 0. The number of pyridine rings is 2. The first-order valence-corrected chi connectivity index (χ1v) is 5.18. The van der Waals surface area contributed by atoms with E-state index in [1.807, 2.05) is 0 Å². The zero-order valence-corrected chi connectivity index (χ0v) is 9.33. The monoisotopic (exact) mass is 274 g/mol. The van der Waals surface area contributed by atoms with Crippen LogP contribution in [0.2, 0.25) is 0 Å². The van der Waals surface area contributed by atoms with Gasteiger partial charge in [0.15, 0.2) is 5.82 Å². The van der Waals surface area contributed by atoms with Crippen LogP contribution in [0.15, 0.2) is 30.5 Å². The topological polar surface area (TPSA) is 25.8 Å². The Balaban J connectivity index is 2.47. The van der Waals surface area contributed by atoms with Gasteiger partial charge in [0.1, 0.15) is 11.4 Å². The molecule has 19 heavy (non-hydrogen) atoms. The summed E-state index contributed by atoms with van der Waals surface area (Å²) in [5.74, 6) is -1.14. The molecule has 0 saturated carbocycles. The molecule has 0 radical (unpaired) electrons. The van der Waals surface area contributed by atoms with E-state index in [1.165, 1.54) is 6.07 Å². The number of hydrogen-bond acceptors (Lipinski definition) is 2. The number of rotatable bonds is 3. The molecular weight excluding hydrogens is 267 g/mol. The fraction of sp³-hybridized carbons (Fsp3) is 0.167. The molecule has 2 aromatic rings. The van der Waals surface area contributed by atoms with Gasteiger partial charge >= 0.3 is 0 Å². The van der Waals surface area contributed by atoms with Gasteiger partial charge in [-0.2, -0.15) is 0 Å². The van der Waals surface area contributed by atoms with E-state index in [0.29, 0.717) is 0 Å². The first-order valence-electron chi connectivity index (χ1n) is 5.18. The first-order chi connectivity index (χ1) is 8.99. The molecule has 7 heteroatoms. The Bertz CT molecular complexity index is 586. The lowest BCUT2D eigenvalue weighted by molar-refractivity contribution is 0.140. The van der Waals surface area contributed by atoms with E-state index >= 15 is 0 Å². The van der Waals surface area contributed by atoms with Crippen LogP contribution in [0.4, 0.5) is 22.0 Å². The predicted octanol–water partition coefficient (Wildman–Crippen LogP) is 4.16. The maximum Gasteiger partial charge on any atom is 0.283 e. The lowest BCUT2D eigenvalue weighted by Crippen LogP contribution is -1.98. The summed E-state index contributed by atoms with van der Waals surface area (Å²) in [6, 6.07) is 4.33. The minimum Gasteiger partial charge on any atom is -0.255 e. The molecule has 0 unspecified atom stereocenters. The van der Waals surface area contributed by atoms with Crippen LogP contribution in [-0.2, 0) is 0 Å². The van der Waals surface area contributed by atoms with Crippen LogP contribution in [0.3, 0.4) is 0 Å². The maximum absolute atomic E-state index is 13.1. The van der Waals surface area contributed by atoms with Gasteiger partial charge < -0.3 is 0 Å². The normalized spacial score (nSPS) is 11.3. The highest BCUT2D eigenvalue weighted by atomic mass is 19.3. The molecule has 2 heterocycles. The van der Waals surface area contributed by atoms with E-state index in [4.69, 9.17) is 0 Å². The molecule has 0 aliphatic heterocycles. The molecule has 0 bridgehead atoms. The summed E-state index contributed by atoms with van der Waals surface area (Å²) in [6.45, 7) is 0. The number of hydrogen-bond donors (Lipinski definition) is 0. The van der Waals surface area contributed by atoms with Gasteiger partial charge in [-0.25, -0.2) is 26.9 Å². The summed E-state index contributed by atoms with van der Waals surface area (Å²) < 4.78 is 63.0. The molecule has 100 valence electrons. The van der Waals surface area contributed by atoms with Crippen molar-refractivity contribution in [1.29, 1.82) is 0 Å². The average molecular weight is 274 g/mol. The first kappa shape index (κ1) is 13.4. The highest BCUT2D eigenvalue weighted by Gasteiger charge is 2.17. The summed E-state index contributed by atoms with van der Waals surface area (Å²) in [4.78, 5) is 6.88. The zero-order valence-electron chi connectivity index (χ0n) is 9.33. The number of nitrogens with zero attached hydrogens (tertiary/aromatic N) is 2. The smallest absolute Gasteiger partial charge is 0.255 e. The van der Waals surface area contributed by atoms with Gasteiger partial charge in [-0.05, 0) is 24.3 Å². The summed E-state index contributed by atoms with van der Waals surface area (Å²) in [5.41, 5.74) is -1.34. The van der Waals surface area contributed by atoms with Crippen LogP contribution in [0.5, 0.6) is 0 Å². The van der Waals surface area contributed by atoms with Crippen molar-refractivity contribution in [3.8, 4) is 11.3 Å². The molecule has 2 rings (SSSR count). The van der Waals surface area contributed by atoms with Crippen LogP contribution in [0, 0.1) is 5.82 Å². The summed E-state index contributed by atoms with van der Waals surface area (Å²) in [7, 11) is 0. The predicted molar refractivity (Wildman–Crippen MR) is 57.3 cm³/mol. The van der Waals surface area contributed by atoms with Gasteiger partial charge in [-0.1, -0.05) is 0 Å². The molecule has 0 atom stereocenters. The lowest BCUT2D eigenvalue weighted by atomic mass is 10.1. The van der Waals surface area contributed by atoms with Crippen LogP contribution < -0.4 is 0 Å². The molecule has 0 aliphatic carbocycles. The molecule has 0 amide bonds. The van der Waals surface area contributed by atoms with Crippen molar-refractivity contribution in [1.82, 2.24) is 9.97 Å². The van der Waals surface area contributed by atoms with Gasteiger partial charge in [-0.3, -0.25) is 4.98 Å². The van der Waals surface area contributed by atoms with Crippen LogP contribution >= 0.6 is 0 Å². The Labute approximate surface area is 104 Å². The minimum atomic E-state index is -3.07. The number of alkyl halides is 4. The zero-order chi connectivity index (χ0) is 14.0. The van der Waals surface area contributed by atoms with Crippen LogP contribution in [-0.4, -0.2) is 9.97 Å². The minimum absolute atomic E-state index is 0.0130. The molecule has 0 saturated heterocycles. The third kappa shape index (κ3) is 2.86. The standard InChI is InChI=1S/C12H7F5N2/c13-7-1-2-8(19-10(7)12(16)17)6-3-4-18-9(5-6)11(14)15/h1-5,11-12H. The van der Waals surface area contributed by atoms with E-state index in [1.54, 1.807) is 0 Å². The van der Waals surface area contributed by atoms with E-state index in [-0.39, 0.29) is 11.3 Å². The second kappa shape index (κ2) is 5.29. The van der Waals surface area contributed by atoms with Crippen molar-refractivity contribution >= 4 is 0 Å². The van der Waals surface area contributed by atoms with E-state index in [0.717, 1.165) is 24.4 Å².